The molecule has 0 saturated carbocycles. The molecule has 18 heavy (non-hydrogen) atoms. The molecule has 0 fully saturated rings. The first-order chi connectivity index (χ1) is 8.77. The minimum atomic E-state index is -0.247. The quantitative estimate of drug-likeness (QED) is 0.651. The van der Waals surface area contributed by atoms with E-state index in [9.17, 15) is 4.79 Å². The normalized spacial score (nSPS) is 10.7. The fourth-order valence-electron chi connectivity index (χ4n) is 2.13. The molecule has 0 N–H and O–H groups in total. The number of aromatic nitrogens is 2. The van der Waals surface area contributed by atoms with Crippen molar-refractivity contribution in [3.63, 3.8) is 0 Å². The first-order valence-corrected chi connectivity index (χ1v) is 5.80. The van der Waals surface area contributed by atoms with Crippen molar-refractivity contribution >= 4 is 10.9 Å². The molecule has 1 aromatic heterocycles. The van der Waals surface area contributed by atoms with Gasteiger partial charge in [-0.15, -0.1) is 0 Å². The van der Waals surface area contributed by atoms with Crippen LogP contribution in [0.1, 0.15) is 5.56 Å². The first kappa shape index (κ1) is 10.7. The summed E-state index contributed by atoms with van der Waals surface area (Å²) in [7, 11) is 0. The van der Waals surface area contributed by atoms with Crippen molar-refractivity contribution in [3.8, 4) is 5.69 Å². The summed E-state index contributed by atoms with van der Waals surface area (Å²) in [5, 5.41) is 0.959. The number of fused-ring (bicyclic) bond motifs is 1. The molecule has 0 aliphatic carbocycles. The van der Waals surface area contributed by atoms with Crippen LogP contribution in [-0.4, -0.2) is 9.55 Å². The zero-order valence-electron chi connectivity index (χ0n) is 10.00. The Morgan fingerprint density at radius 1 is 1.00 bits per heavy atom. The van der Waals surface area contributed by atoms with Crippen LogP contribution >= 0.6 is 0 Å². The highest BCUT2D eigenvalue weighted by atomic mass is 16.1. The van der Waals surface area contributed by atoms with E-state index in [4.69, 9.17) is 0 Å². The van der Waals surface area contributed by atoms with Gasteiger partial charge in [-0.2, -0.15) is 0 Å². The van der Waals surface area contributed by atoms with Gasteiger partial charge in [-0.1, -0.05) is 36.4 Å². The summed E-state index contributed by atoms with van der Waals surface area (Å²) in [4.78, 5) is 16.0. The Morgan fingerprint density at radius 2 is 1.72 bits per heavy atom. The average molecular weight is 236 g/mol. The smallest absolute Gasteiger partial charge is 0.260 e. The molecule has 88 valence electrons. The van der Waals surface area contributed by atoms with E-state index in [0.717, 1.165) is 22.2 Å². The molecule has 3 aromatic rings. The molecular weight excluding hydrogens is 224 g/mol. The summed E-state index contributed by atoms with van der Waals surface area (Å²) < 4.78 is 1.66. The van der Waals surface area contributed by atoms with Crippen molar-refractivity contribution in [1.82, 2.24) is 9.55 Å². The maximum atomic E-state index is 12.0. The molecule has 0 bridgehead atoms. The zero-order chi connectivity index (χ0) is 12.5. The van der Waals surface area contributed by atoms with E-state index in [1.54, 1.807) is 10.8 Å². The minimum Gasteiger partial charge on any atom is -0.260 e. The van der Waals surface area contributed by atoms with E-state index in [-0.39, 0.29) is 5.69 Å². The van der Waals surface area contributed by atoms with Gasteiger partial charge in [0, 0.05) is 11.6 Å². The van der Waals surface area contributed by atoms with Crippen LogP contribution in [0.3, 0.4) is 0 Å². The Balaban J connectivity index is 2.46. The maximum absolute atomic E-state index is 12.0. The van der Waals surface area contributed by atoms with Crippen LogP contribution in [0.4, 0.5) is 0 Å². The van der Waals surface area contributed by atoms with E-state index in [1.165, 1.54) is 0 Å². The fraction of sp³-hybridized carbons (Fsp3) is 0.0667. The van der Waals surface area contributed by atoms with Crippen molar-refractivity contribution in [1.29, 1.82) is 0 Å². The Morgan fingerprint density at radius 3 is 2.56 bits per heavy atom. The molecule has 0 amide bonds. The van der Waals surface area contributed by atoms with Crippen LogP contribution in [0.25, 0.3) is 16.6 Å². The van der Waals surface area contributed by atoms with Gasteiger partial charge in [0.15, 0.2) is 0 Å². The molecule has 3 rings (SSSR count). The van der Waals surface area contributed by atoms with E-state index < -0.39 is 0 Å². The predicted octanol–water partition coefficient (Wildman–Crippen LogP) is 2.69. The minimum absolute atomic E-state index is 0.247. The van der Waals surface area contributed by atoms with Crippen LogP contribution < -0.4 is 5.69 Å². The van der Waals surface area contributed by atoms with Gasteiger partial charge in [0.05, 0.1) is 11.2 Å². The number of nitrogens with zero attached hydrogens (tertiary/aromatic N) is 2. The lowest BCUT2D eigenvalue weighted by atomic mass is 10.2. The molecule has 0 spiro atoms. The molecule has 2 aromatic carbocycles. The van der Waals surface area contributed by atoms with Crippen molar-refractivity contribution in [3.05, 3.63) is 70.8 Å². The predicted molar refractivity (Wildman–Crippen MR) is 72.1 cm³/mol. The average Bonchev–Trinajstić information content (AvgIpc) is 2.40. The largest absolute Gasteiger partial charge is 0.352 e. The van der Waals surface area contributed by atoms with Crippen molar-refractivity contribution in [2.75, 3.05) is 0 Å². The second kappa shape index (κ2) is 4.11. The van der Waals surface area contributed by atoms with Gasteiger partial charge in [0.25, 0.3) is 0 Å². The van der Waals surface area contributed by atoms with Crippen LogP contribution in [-0.2, 0) is 0 Å². The summed E-state index contributed by atoms with van der Waals surface area (Å²) in [5.74, 6) is 0. The summed E-state index contributed by atoms with van der Waals surface area (Å²) in [6.07, 6.45) is 1.62. The second-order valence-electron chi connectivity index (χ2n) is 4.22. The van der Waals surface area contributed by atoms with Crippen LogP contribution in [0.5, 0.6) is 0 Å². The molecule has 0 aliphatic rings. The van der Waals surface area contributed by atoms with Crippen LogP contribution in [0.2, 0.25) is 0 Å². The molecule has 3 nitrogen and oxygen atoms in total. The third-order valence-electron chi connectivity index (χ3n) is 3.04. The molecule has 1 heterocycles. The maximum Gasteiger partial charge on any atom is 0.352 e. The number of hydrogen-bond acceptors (Lipinski definition) is 2. The van der Waals surface area contributed by atoms with Gasteiger partial charge in [-0.05, 0) is 24.6 Å². The van der Waals surface area contributed by atoms with Gasteiger partial charge in [-0.3, -0.25) is 4.57 Å². The van der Waals surface area contributed by atoms with Gasteiger partial charge in [-0.25, -0.2) is 9.78 Å². The Hall–Kier alpha value is -2.42. The number of rotatable bonds is 1. The third-order valence-corrected chi connectivity index (χ3v) is 3.04. The summed E-state index contributed by atoms with van der Waals surface area (Å²) >= 11 is 0. The summed E-state index contributed by atoms with van der Waals surface area (Å²) in [5.41, 5.74) is 2.57. The molecule has 3 heteroatoms. The highest BCUT2D eigenvalue weighted by Gasteiger charge is 2.07. The number of benzene rings is 2. The molecule has 0 radical (unpaired) electrons. The van der Waals surface area contributed by atoms with E-state index in [1.807, 2.05) is 55.5 Å². The van der Waals surface area contributed by atoms with Crippen LogP contribution in [0.15, 0.2) is 59.5 Å². The van der Waals surface area contributed by atoms with Gasteiger partial charge < -0.3 is 0 Å². The molecule has 0 atom stereocenters. The van der Waals surface area contributed by atoms with Crippen molar-refractivity contribution < 1.29 is 0 Å². The Kier molecular flexibility index (Phi) is 2.45. The Bertz CT molecular complexity index is 775. The zero-order valence-corrected chi connectivity index (χ0v) is 10.00. The SMILES string of the molecule is Cc1ccccc1-n1c(=O)ncc2ccccc21. The van der Waals surface area contributed by atoms with E-state index in [0.29, 0.717) is 0 Å². The summed E-state index contributed by atoms with van der Waals surface area (Å²) in [6.45, 7) is 1.99. The lowest BCUT2D eigenvalue weighted by Gasteiger charge is -2.11. The highest BCUT2D eigenvalue weighted by molar-refractivity contribution is 5.79. The Labute approximate surface area is 104 Å². The van der Waals surface area contributed by atoms with Gasteiger partial charge in [0.1, 0.15) is 0 Å². The molecule has 0 saturated heterocycles. The summed E-state index contributed by atoms with van der Waals surface area (Å²) in [6, 6.07) is 15.6. The third kappa shape index (κ3) is 1.61. The molecule has 0 unspecified atom stereocenters. The van der Waals surface area contributed by atoms with E-state index >= 15 is 0 Å². The number of para-hydroxylation sites is 2. The molecule has 0 aliphatic heterocycles. The topological polar surface area (TPSA) is 34.9 Å². The van der Waals surface area contributed by atoms with Crippen molar-refractivity contribution in [2.45, 2.75) is 6.92 Å². The van der Waals surface area contributed by atoms with Gasteiger partial charge >= 0.3 is 5.69 Å². The fourth-order valence-corrected chi connectivity index (χ4v) is 2.13. The lowest BCUT2D eigenvalue weighted by Crippen LogP contribution is -2.21. The molecular formula is C15H12N2O. The van der Waals surface area contributed by atoms with Crippen LogP contribution in [0, 0.1) is 6.92 Å². The number of aryl methyl sites for hydroxylation is 1. The van der Waals surface area contributed by atoms with E-state index in [2.05, 4.69) is 4.98 Å². The van der Waals surface area contributed by atoms with Crippen molar-refractivity contribution in [2.24, 2.45) is 0 Å². The first-order valence-electron chi connectivity index (χ1n) is 5.80. The number of hydrogen-bond donors (Lipinski definition) is 0. The highest BCUT2D eigenvalue weighted by Crippen LogP contribution is 2.17. The van der Waals surface area contributed by atoms with Gasteiger partial charge in [0.2, 0.25) is 0 Å². The lowest BCUT2D eigenvalue weighted by molar-refractivity contribution is 0.951. The monoisotopic (exact) mass is 236 g/mol. The second-order valence-corrected chi connectivity index (χ2v) is 4.22. The standard InChI is InChI=1S/C15H12N2O/c1-11-6-2-4-8-13(11)17-14-9-5-3-7-12(14)10-16-15(17)18/h2-10H,1H3.